The summed E-state index contributed by atoms with van der Waals surface area (Å²) in [5.41, 5.74) is 0.0906. The molecule has 0 saturated carbocycles. The molecule has 1 amide bonds. The molecule has 0 spiro atoms. The van der Waals surface area contributed by atoms with Gasteiger partial charge < -0.3 is 15.0 Å². The predicted molar refractivity (Wildman–Crippen MR) is 59.6 cm³/mol. The zero-order chi connectivity index (χ0) is 13.7. The average Bonchev–Trinajstić information content (AvgIpc) is 2.72. The molecule has 1 heterocycles. The molecule has 1 unspecified atom stereocenters. The number of halogens is 2. The Bertz CT molecular complexity index is 432. The van der Waals surface area contributed by atoms with Crippen LogP contribution < -0.4 is 5.32 Å². The molecule has 1 rings (SSSR count). The Morgan fingerprint density at radius 3 is 2.72 bits per heavy atom. The van der Waals surface area contributed by atoms with Crippen molar-refractivity contribution in [3.8, 4) is 0 Å². The van der Waals surface area contributed by atoms with Gasteiger partial charge in [-0.15, -0.1) is 0 Å². The third-order valence-electron chi connectivity index (χ3n) is 2.39. The van der Waals surface area contributed by atoms with E-state index in [1.165, 1.54) is 25.3 Å². The Kier molecular flexibility index (Phi) is 4.82. The van der Waals surface area contributed by atoms with E-state index >= 15 is 0 Å². The number of nitrogens with one attached hydrogen (secondary N) is 1. The summed E-state index contributed by atoms with van der Waals surface area (Å²) in [6, 6.07) is 2.89. The molecule has 0 aliphatic carbocycles. The minimum Gasteiger partial charge on any atom is -0.481 e. The molecular formula is C11H14F2N2O3. The van der Waals surface area contributed by atoms with Crippen molar-refractivity contribution >= 4 is 11.9 Å². The lowest BCUT2D eigenvalue weighted by Gasteiger charge is -2.11. The van der Waals surface area contributed by atoms with Crippen LogP contribution in [0.2, 0.25) is 0 Å². The summed E-state index contributed by atoms with van der Waals surface area (Å²) >= 11 is 0. The number of nitrogens with zero attached hydrogens (tertiary/aromatic N) is 1. The van der Waals surface area contributed by atoms with Gasteiger partial charge in [-0.1, -0.05) is 6.92 Å². The number of carbonyl (C=O) groups excluding carboxylic acids is 1. The van der Waals surface area contributed by atoms with Crippen LogP contribution in [0.4, 0.5) is 8.78 Å². The maximum Gasteiger partial charge on any atom is 0.308 e. The van der Waals surface area contributed by atoms with Crippen LogP contribution in [-0.2, 0) is 11.3 Å². The van der Waals surface area contributed by atoms with Crippen LogP contribution in [0, 0.1) is 5.92 Å². The van der Waals surface area contributed by atoms with Crippen LogP contribution in [0.15, 0.2) is 18.3 Å². The number of amides is 1. The summed E-state index contributed by atoms with van der Waals surface area (Å²) in [6.45, 7) is 0.832. The second kappa shape index (κ2) is 6.13. The average molecular weight is 260 g/mol. The molecule has 1 aromatic heterocycles. The number of aromatic nitrogens is 1. The Morgan fingerprint density at radius 1 is 1.50 bits per heavy atom. The van der Waals surface area contributed by atoms with E-state index in [0.717, 1.165) is 4.57 Å². The first-order chi connectivity index (χ1) is 8.41. The quantitative estimate of drug-likeness (QED) is 0.807. The molecule has 7 heteroatoms. The van der Waals surface area contributed by atoms with Gasteiger partial charge in [0.15, 0.2) is 0 Å². The third-order valence-corrected chi connectivity index (χ3v) is 2.39. The fourth-order valence-corrected chi connectivity index (χ4v) is 1.35. The molecule has 5 nitrogen and oxygen atoms in total. The molecular weight excluding hydrogens is 246 g/mol. The third kappa shape index (κ3) is 3.83. The van der Waals surface area contributed by atoms with E-state index in [-0.39, 0.29) is 12.2 Å². The first-order valence-electron chi connectivity index (χ1n) is 5.36. The van der Waals surface area contributed by atoms with Crippen LogP contribution in [0.25, 0.3) is 0 Å². The minimum absolute atomic E-state index is 0.0476. The van der Waals surface area contributed by atoms with Gasteiger partial charge in [0, 0.05) is 12.7 Å². The normalized spacial score (nSPS) is 12.4. The Morgan fingerprint density at radius 2 is 2.17 bits per heavy atom. The summed E-state index contributed by atoms with van der Waals surface area (Å²) in [5.74, 6) is -2.32. The summed E-state index contributed by atoms with van der Waals surface area (Å²) in [7, 11) is 0. The lowest BCUT2D eigenvalue weighted by Crippen LogP contribution is -2.32. The predicted octanol–water partition coefficient (Wildman–Crippen LogP) is 1.20. The van der Waals surface area contributed by atoms with Crippen molar-refractivity contribution in [2.45, 2.75) is 19.9 Å². The minimum atomic E-state index is -2.55. The van der Waals surface area contributed by atoms with Gasteiger partial charge in [-0.3, -0.25) is 9.59 Å². The van der Waals surface area contributed by atoms with Gasteiger partial charge in [-0.2, -0.15) is 0 Å². The van der Waals surface area contributed by atoms with Gasteiger partial charge in [-0.05, 0) is 12.1 Å². The van der Waals surface area contributed by atoms with E-state index in [0.29, 0.717) is 0 Å². The van der Waals surface area contributed by atoms with Crippen molar-refractivity contribution in [1.82, 2.24) is 9.88 Å². The van der Waals surface area contributed by atoms with E-state index in [9.17, 15) is 18.4 Å². The highest BCUT2D eigenvalue weighted by Gasteiger charge is 2.16. The van der Waals surface area contributed by atoms with Crippen molar-refractivity contribution in [2.24, 2.45) is 5.92 Å². The van der Waals surface area contributed by atoms with Gasteiger partial charge in [0.25, 0.3) is 12.3 Å². The Labute approximate surface area is 102 Å². The molecule has 0 bridgehead atoms. The van der Waals surface area contributed by atoms with E-state index in [4.69, 9.17) is 5.11 Å². The maximum absolute atomic E-state index is 12.2. The van der Waals surface area contributed by atoms with E-state index in [1.54, 1.807) is 0 Å². The molecule has 18 heavy (non-hydrogen) atoms. The lowest BCUT2D eigenvalue weighted by atomic mass is 10.2. The largest absolute Gasteiger partial charge is 0.481 e. The number of carboxylic acid groups (broad SMARTS) is 1. The van der Waals surface area contributed by atoms with E-state index in [1.807, 2.05) is 0 Å². The van der Waals surface area contributed by atoms with Crippen molar-refractivity contribution < 1.29 is 23.5 Å². The standard InChI is InChI=1S/C11H14F2N2O3/c1-7(11(17)18)5-14-10(16)8-3-2-4-15(8)6-9(12)13/h2-4,7,9H,5-6H2,1H3,(H,14,16)(H,17,18). The lowest BCUT2D eigenvalue weighted by molar-refractivity contribution is -0.140. The number of aliphatic carboxylic acids is 1. The van der Waals surface area contributed by atoms with Gasteiger partial charge in [0.05, 0.1) is 12.5 Å². The highest BCUT2D eigenvalue weighted by atomic mass is 19.3. The molecule has 0 saturated heterocycles. The molecule has 0 aliphatic rings. The number of alkyl halides is 2. The van der Waals surface area contributed by atoms with E-state index in [2.05, 4.69) is 5.32 Å². The highest BCUT2D eigenvalue weighted by molar-refractivity contribution is 5.93. The number of hydrogen-bond donors (Lipinski definition) is 2. The maximum atomic E-state index is 12.2. The molecule has 1 aromatic rings. The van der Waals surface area contributed by atoms with Crippen LogP contribution in [0.3, 0.4) is 0 Å². The fraction of sp³-hybridized carbons (Fsp3) is 0.455. The van der Waals surface area contributed by atoms with Crippen molar-refractivity contribution in [2.75, 3.05) is 6.54 Å². The Balaban J connectivity index is 2.61. The summed E-state index contributed by atoms with van der Waals surface area (Å²) in [4.78, 5) is 22.2. The SMILES string of the molecule is CC(CNC(=O)c1cccn1CC(F)F)C(=O)O. The molecule has 0 radical (unpaired) electrons. The first kappa shape index (κ1) is 14.1. The summed E-state index contributed by atoms with van der Waals surface area (Å²) in [6.07, 6.45) is -1.18. The smallest absolute Gasteiger partial charge is 0.308 e. The number of carbonyl (C=O) groups is 2. The summed E-state index contributed by atoms with van der Waals surface area (Å²) in [5, 5.41) is 11.0. The van der Waals surface area contributed by atoms with Gasteiger partial charge >= 0.3 is 5.97 Å². The number of rotatable bonds is 6. The zero-order valence-electron chi connectivity index (χ0n) is 9.77. The summed E-state index contributed by atoms with van der Waals surface area (Å²) < 4.78 is 25.6. The monoisotopic (exact) mass is 260 g/mol. The molecule has 100 valence electrons. The molecule has 0 aromatic carbocycles. The number of hydrogen-bond acceptors (Lipinski definition) is 2. The highest BCUT2D eigenvalue weighted by Crippen LogP contribution is 2.06. The van der Waals surface area contributed by atoms with Crippen LogP contribution in [0.1, 0.15) is 17.4 Å². The van der Waals surface area contributed by atoms with Gasteiger partial charge in [0.1, 0.15) is 5.69 Å². The topological polar surface area (TPSA) is 71.3 Å². The molecule has 2 N–H and O–H groups in total. The van der Waals surface area contributed by atoms with Crippen LogP contribution >= 0.6 is 0 Å². The second-order valence-electron chi connectivity index (χ2n) is 3.89. The second-order valence-corrected chi connectivity index (χ2v) is 3.89. The van der Waals surface area contributed by atoms with Crippen LogP contribution in [0.5, 0.6) is 0 Å². The van der Waals surface area contributed by atoms with Crippen molar-refractivity contribution in [3.63, 3.8) is 0 Å². The Hall–Kier alpha value is -1.92. The number of carboxylic acids is 1. The van der Waals surface area contributed by atoms with Crippen molar-refractivity contribution in [1.29, 1.82) is 0 Å². The molecule has 1 atom stereocenters. The molecule has 0 aliphatic heterocycles. The first-order valence-corrected chi connectivity index (χ1v) is 5.36. The van der Waals surface area contributed by atoms with Crippen molar-refractivity contribution in [3.05, 3.63) is 24.0 Å². The zero-order valence-corrected chi connectivity index (χ0v) is 9.77. The van der Waals surface area contributed by atoms with Gasteiger partial charge in [0.2, 0.25) is 0 Å². The van der Waals surface area contributed by atoms with Crippen LogP contribution in [-0.4, -0.2) is 34.5 Å². The van der Waals surface area contributed by atoms with Gasteiger partial charge in [-0.25, -0.2) is 8.78 Å². The fourth-order valence-electron chi connectivity index (χ4n) is 1.35. The molecule has 0 fully saturated rings. The van der Waals surface area contributed by atoms with E-state index < -0.39 is 30.8 Å².